The molecule has 0 radical (unpaired) electrons. The first-order valence-electron chi connectivity index (χ1n) is 10.9. The van der Waals surface area contributed by atoms with Gasteiger partial charge in [-0.3, -0.25) is 4.79 Å². The van der Waals surface area contributed by atoms with Crippen LogP contribution in [0.5, 0.6) is 0 Å². The Kier molecular flexibility index (Phi) is 8.74. The monoisotopic (exact) mass is 491 g/mol. The van der Waals surface area contributed by atoms with Gasteiger partial charge in [0.05, 0.1) is 17.7 Å². The standard InChI is InChI=1S/C26H25F4NO2S/c27-21-14-10-19(11-15-21)25(33)22(16-17-8-12-20(13-9-17)26(28,29)30)31-24(32)7-3-5-18-4-1-2-6-23(18)34/h1-2,4,8-15,22,25,33H,3,5-7,16H2,(H,31,32). The largest absolute Gasteiger partial charge is 0.416 e. The minimum absolute atomic E-state index is 0.0997. The van der Waals surface area contributed by atoms with Crippen molar-refractivity contribution in [3.05, 3.63) is 94.8 Å². The Labute approximate surface area is 201 Å². The van der Waals surface area contributed by atoms with Crippen LogP contribution < -0.4 is 5.32 Å². The smallest absolute Gasteiger partial charge is 0.386 e. The topological polar surface area (TPSA) is 49.3 Å². The van der Waals surface area contributed by atoms with E-state index in [4.69, 9.17) is 12.2 Å². The van der Waals surface area contributed by atoms with Crippen LogP contribution in [-0.2, 0) is 17.4 Å². The molecule has 0 saturated carbocycles. The molecule has 0 heterocycles. The fourth-order valence-corrected chi connectivity index (χ4v) is 4.01. The molecule has 2 aromatic rings. The number of carbonyl (C=O) groups is 1. The van der Waals surface area contributed by atoms with Crippen LogP contribution in [-0.4, -0.2) is 21.9 Å². The Morgan fingerprint density at radius 3 is 2.38 bits per heavy atom. The van der Waals surface area contributed by atoms with Gasteiger partial charge in [0.1, 0.15) is 5.82 Å². The van der Waals surface area contributed by atoms with E-state index < -0.39 is 29.7 Å². The van der Waals surface area contributed by atoms with Crippen molar-refractivity contribution in [2.45, 2.75) is 50.4 Å². The second kappa shape index (κ2) is 11.5. The zero-order valence-electron chi connectivity index (χ0n) is 18.3. The third kappa shape index (κ3) is 7.33. The van der Waals surface area contributed by atoms with Crippen molar-refractivity contribution in [3.63, 3.8) is 0 Å². The van der Waals surface area contributed by atoms with Crippen LogP contribution in [0.25, 0.3) is 0 Å². The van der Waals surface area contributed by atoms with Crippen LogP contribution in [0.1, 0.15) is 48.5 Å². The van der Waals surface area contributed by atoms with Gasteiger partial charge in [-0.1, -0.05) is 54.7 Å². The van der Waals surface area contributed by atoms with Crippen molar-refractivity contribution in [2.75, 3.05) is 0 Å². The highest BCUT2D eigenvalue weighted by molar-refractivity contribution is 7.80. The number of rotatable bonds is 9. The number of benzene rings is 2. The number of carbonyl (C=O) groups excluding carboxylic acids is 1. The maximum Gasteiger partial charge on any atom is 0.416 e. The average Bonchev–Trinajstić information content (AvgIpc) is 2.80. The normalized spacial score (nSPS) is 15.6. The molecule has 1 amide bonds. The average molecular weight is 492 g/mol. The molecule has 34 heavy (non-hydrogen) atoms. The molecule has 8 heteroatoms. The molecule has 3 nitrogen and oxygen atoms in total. The van der Waals surface area contributed by atoms with Gasteiger partial charge < -0.3 is 10.4 Å². The lowest BCUT2D eigenvalue weighted by atomic mass is 9.95. The number of allylic oxidation sites excluding steroid dienone is 4. The van der Waals surface area contributed by atoms with Crippen LogP contribution in [0.3, 0.4) is 0 Å². The second-order valence-electron chi connectivity index (χ2n) is 8.17. The molecule has 0 spiro atoms. The highest BCUT2D eigenvalue weighted by Crippen LogP contribution is 2.30. The summed E-state index contributed by atoms with van der Waals surface area (Å²) < 4.78 is 51.9. The Morgan fingerprint density at radius 2 is 1.76 bits per heavy atom. The van der Waals surface area contributed by atoms with E-state index >= 15 is 0 Å². The quantitative estimate of drug-likeness (QED) is 0.333. The highest BCUT2D eigenvalue weighted by atomic mass is 32.1. The second-order valence-corrected chi connectivity index (χ2v) is 8.66. The van der Waals surface area contributed by atoms with Crippen LogP contribution in [0.4, 0.5) is 17.6 Å². The number of aliphatic hydroxyl groups excluding tert-OH is 1. The van der Waals surface area contributed by atoms with Gasteiger partial charge in [-0.25, -0.2) is 4.39 Å². The van der Waals surface area contributed by atoms with E-state index in [-0.39, 0.29) is 18.7 Å². The number of hydrogen-bond donors (Lipinski definition) is 2. The van der Waals surface area contributed by atoms with E-state index in [0.29, 0.717) is 30.4 Å². The fraction of sp³-hybridized carbons (Fsp3) is 0.308. The number of hydrogen-bond acceptors (Lipinski definition) is 3. The molecule has 2 N–H and O–H groups in total. The van der Waals surface area contributed by atoms with Gasteiger partial charge in [0.2, 0.25) is 5.91 Å². The van der Waals surface area contributed by atoms with Crippen molar-refractivity contribution < 1.29 is 27.5 Å². The summed E-state index contributed by atoms with van der Waals surface area (Å²) >= 11 is 5.33. The fourth-order valence-electron chi connectivity index (χ4n) is 3.74. The number of thiocarbonyl (C=S) groups is 1. The van der Waals surface area contributed by atoms with Gasteiger partial charge >= 0.3 is 6.18 Å². The Bertz CT molecular complexity index is 1060. The molecule has 1 aliphatic carbocycles. The predicted molar refractivity (Wildman–Crippen MR) is 127 cm³/mol. The maximum atomic E-state index is 13.3. The van der Waals surface area contributed by atoms with Crippen molar-refractivity contribution in [2.24, 2.45) is 0 Å². The highest BCUT2D eigenvalue weighted by Gasteiger charge is 2.30. The zero-order valence-corrected chi connectivity index (χ0v) is 19.1. The summed E-state index contributed by atoms with van der Waals surface area (Å²) in [7, 11) is 0. The summed E-state index contributed by atoms with van der Waals surface area (Å²) in [6.07, 6.45) is 2.45. The Balaban J connectivity index is 1.68. The van der Waals surface area contributed by atoms with Gasteiger partial charge in [-0.15, -0.1) is 0 Å². The van der Waals surface area contributed by atoms with Crippen LogP contribution in [0.2, 0.25) is 0 Å². The lowest BCUT2D eigenvalue weighted by Crippen LogP contribution is -2.41. The first kappa shape index (κ1) is 25.8. The molecule has 2 unspecified atom stereocenters. The number of amides is 1. The lowest BCUT2D eigenvalue weighted by molar-refractivity contribution is -0.137. The summed E-state index contributed by atoms with van der Waals surface area (Å²) in [6, 6.07) is 8.99. The first-order valence-corrected chi connectivity index (χ1v) is 11.3. The van der Waals surface area contributed by atoms with Crippen molar-refractivity contribution in [3.8, 4) is 0 Å². The molecular weight excluding hydrogens is 466 g/mol. The molecule has 0 aliphatic heterocycles. The maximum absolute atomic E-state index is 13.3. The summed E-state index contributed by atoms with van der Waals surface area (Å²) in [6.45, 7) is 0. The SMILES string of the molecule is O=C(CCCC1=CC=CCC1=S)NC(Cc1ccc(C(F)(F)F)cc1)C(O)c1ccc(F)cc1. The molecule has 2 atom stereocenters. The summed E-state index contributed by atoms with van der Waals surface area (Å²) in [4.78, 5) is 13.5. The van der Waals surface area contributed by atoms with Gasteiger partial charge in [0.15, 0.2) is 0 Å². The van der Waals surface area contributed by atoms with Gasteiger partial charge in [-0.2, -0.15) is 13.2 Å². The van der Waals surface area contributed by atoms with Gasteiger partial charge in [0, 0.05) is 17.7 Å². The van der Waals surface area contributed by atoms with E-state index in [1.165, 1.54) is 36.4 Å². The lowest BCUT2D eigenvalue weighted by Gasteiger charge is -2.25. The molecule has 2 aromatic carbocycles. The van der Waals surface area contributed by atoms with E-state index in [9.17, 15) is 27.5 Å². The summed E-state index contributed by atoms with van der Waals surface area (Å²) in [5.41, 5.74) is 1.16. The molecule has 0 saturated heterocycles. The zero-order chi connectivity index (χ0) is 24.7. The molecular formula is C26H25F4NO2S. The Hall–Kier alpha value is -2.84. The summed E-state index contributed by atoms with van der Waals surface area (Å²) in [5.74, 6) is -0.764. The third-order valence-corrected chi connectivity index (χ3v) is 6.05. The van der Waals surface area contributed by atoms with Gasteiger partial charge in [-0.05, 0) is 60.2 Å². The number of aliphatic hydroxyl groups is 1. The predicted octanol–water partition coefficient (Wildman–Crippen LogP) is 6.03. The number of halogens is 4. The summed E-state index contributed by atoms with van der Waals surface area (Å²) in [5, 5.41) is 13.7. The third-order valence-electron chi connectivity index (χ3n) is 5.62. The minimum Gasteiger partial charge on any atom is -0.386 e. The molecule has 1 aliphatic rings. The van der Waals surface area contributed by atoms with Crippen molar-refractivity contribution in [1.82, 2.24) is 5.32 Å². The molecule has 0 aromatic heterocycles. The van der Waals surface area contributed by atoms with E-state index in [1.807, 2.05) is 18.2 Å². The molecule has 0 fully saturated rings. The number of nitrogens with one attached hydrogen (secondary N) is 1. The van der Waals surface area contributed by atoms with Crippen LogP contribution >= 0.6 is 12.2 Å². The van der Waals surface area contributed by atoms with Crippen LogP contribution in [0.15, 0.2) is 72.3 Å². The van der Waals surface area contributed by atoms with E-state index in [2.05, 4.69) is 5.32 Å². The first-order chi connectivity index (χ1) is 16.1. The molecule has 180 valence electrons. The van der Waals surface area contributed by atoms with Crippen molar-refractivity contribution >= 4 is 23.0 Å². The molecule has 0 bridgehead atoms. The minimum atomic E-state index is -4.45. The Morgan fingerprint density at radius 1 is 1.09 bits per heavy atom. The van der Waals surface area contributed by atoms with E-state index in [0.717, 1.165) is 22.6 Å². The van der Waals surface area contributed by atoms with Crippen LogP contribution in [0, 0.1) is 5.82 Å². The number of alkyl halides is 3. The van der Waals surface area contributed by atoms with E-state index in [1.54, 1.807) is 0 Å². The van der Waals surface area contributed by atoms with Crippen molar-refractivity contribution in [1.29, 1.82) is 0 Å². The molecule has 3 rings (SSSR count). The van der Waals surface area contributed by atoms with Gasteiger partial charge in [0.25, 0.3) is 0 Å².